The first-order chi connectivity index (χ1) is 9.56. The molecule has 2 rings (SSSR count). The molecular weight excluding hydrogens is 256 g/mol. The molecule has 1 aromatic carbocycles. The van der Waals surface area contributed by atoms with Gasteiger partial charge in [0.15, 0.2) is 0 Å². The highest BCUT2D eigenvalue weighted by Crippen LogP contribution is 2.30. The normalized spacial score (nSPS) is 17.5. The van der Waals surface area contributed by atoms with E-state index >= 15 is 0 Å². The molecule has 110 valence electrons. The smallest absolute Gasteiger partial charge is 0.340 e. The molecule has 1 aliphatic heterocycles. The van der Waals surface area contributed by atoms with Crippen LogP contribution in [0.15, 0.2) is 18.2 Å². The van der Waals surface area contributed by atoms with Gasteiger partial charge in [-0.2, -0.15) is 0 Å². The van der Waals surface area contributed by atoms with Crippen LogP contribution in [0, 0.1) is 0 Å². The van der Waals surface area contributed by atoms with E-state index in [1.165, 1.54) is 0 Å². The summed E-state index contributed by atoms with van der Waals surface area (Å²) in [5.41, 5.74) is 7.67. The Morgan fingerprint density at radius 2 is 2.15 bits per heavy atom. The first-order valence-electron chi connectivity index (χ1n) is 6.97. The van der Waals surface area contributed by atoms with Crippen molar-refractivity contribution in [1.29, 1.82) is 0 Å². The molecule has 0 unspecified atom stereocenters. The second-order valence-corrected chi connectivity index (χ2v) is 5.29. The van der Waals surface area contributed by atoms with Crippen molar-refractivity contribution in [2.45, 2.75) is 32.2 Å². The van der Waals surface area contributed by atoms with Gasteiger partial charge in [0, 0.05) is 18.8 Å². The molecule has 0 aromatic heterocycles. The van der Waals surface area contributed by atoms with Crippen LogP contribution in [0.25, 0.3) is 0 Å². The number of benzene rings is 1. The van der Waals surface area contributed by atoms with E-state index in [1.807, 2.05) is 12.1 Å². The molecule has 0 atom stereocenters. The number of carbonyl (C=O) groups excluding carboxylic acids is 1. The first-order valence-corrected chi connectivity index (χ1v) is 6.97. The quantitative estimate of drug-likeness (QED) is 0.653. The van der Waals surface area contributed by atoms with Gasteiger partial charge in [0.2, 0.25) is 0 Å². The molecule has 0 radical (unpaired) electrons. The summed E-state index contributed by atoms with van der Waals surface area (Å²) >= 11 is 0. The summed E-state index contributed by atoms with van der Waals surface area (Å²) in [6.45, 7) is 5.73. The SMILES string of the molecule is CCOC(=O)c1cccc(NC2(C)CCOCC2)c1N. The maximum atomic E-state index is 11.8. The zero-order chi connectivity index (χ0) is 14.6. The predicted octanol–water partition coefficient (Wildman–Crippen LogP) is 2.43. The molecule has 0 bridgehead atoms. The van der Waals surface area contributed by atoms with Crippen molar-refractivity contribution in [3.63, 3.8) is 0 Å². The van der Waals surface area contributed by atoms with Gasteiger partial charge in [0.1, 0.15) is 0 Å². The fourth-order valence-electron chi connectivity index (χ4n) is 2.33. The molecule has 1 aliphatic rings. The number of carbonyl (C=O) groups is 1. The Hall–Kier alpha value is -1.75. The van der Waals surface area contributed by atoms with Crippen LogP contribution in [0.5, 0.6) is 0 Å². The van der Waals surface area contributed by atoms with Gasteiger partial charge in [-0.25, -0.2) is 4.79 Å². The summed E-state index contributed by atoms with van der Waals surface area (Å²) in [5.74, 6) is -0.384. The molecule has 0 aliphatic carbocycles. The molecule has 0 amide bonds. The van der Waals surface area contributed by atoms with Crippen molar-refractivity contribution < 1.29 is 14.3 Å². The van der Waals surface area contributed by atoms with Crippen LogP contribution in [0.4, 0.5) is 11.4 Å². The Kier molecular flexibility index (Phi) is 4.49. The number of hydrogen-bond donors (Lipinski definition) is 2. The predicted molar refractivity (Wildman–Crippen MR) is 78.9 cm³/mol. The van der Waals surface area contributed by atoms with E-state index in [1.54, 1.807) is 13.0 Å². The minimum atomic E-state index is -0.384. The molecule has 0 saturated carbocycles. The molecule has 1 fully saturated rings. The lowest BCUT2D eigenvalue weighted by atomic mass is 9.92. The molecule has 1 heterocycles. The summed E-state index contributed by atoms with van der Waals surface area (Å²) < 4.78 is 10.4. The third kappa shape index (κ3) is 3.22. The Labute approximate surface area is 119 Å². The highest BCUT2D eigenvalue weighted by molar-refractivity contribution is 5.98. The number of ether oxygens (including phenoxy) is 2. The lowest BCUT2D eigenvalue weighted by molar-refractivity contribution is 0.0527. The number of esters is 1. The Bertz CT molecular complexity index is 482. The van der Waals surface area contributed by atoms with Crippen LogP contribution in [-0.2, 0) is 9.47 Å². The monoisotopic (exact) mass is 278 g/mol. The third-order valence-corrected chi connectivity index (χ3v) is 3.63. The van der Waals surface area contributed by atoms with Crippen molar-refractivity contribution in [3.05, 3.63) is 23.8 Å². The summed E-state index contributed by atoms with van der Waals surface area (Å²) in [6.07, 6.45) is 1.83. The average molecular weight is 278 g/mol. The fourth-order valence-corrected chi connectivity index (χ4v) is 2.33. The van der Waals surface area contributed by atoms with Crippen molar-refractivity contribution in [1.82, 2.24) is 0 Å². The summed E-state index contributed by atoms with van der Waals surface area (Å²) in [7, 11) is 0. The molecule has 1 saturated heterocycles. The van der Waals surface area contributed by atoms with Gasteiger partial charge in [-0.15, -0.1) is 0 Å². The van der Waals surface area contributed by atoms with Gasteiger partial charge in [-0.05, 0) is 38.8 Å². The van der Waals surface area contributed by atoms with Gasteiger partial charge in [0.05, 0.1) is 23.5 Å². The van der Waals surface area contributed by atoms with Crippen LogP contribution >= 0.6 is 0 Å². The second-order valence-electron chi connectivity index (χ2n) is 5.29. The summed E-state index contributed by atoms with van der Waals surface area (Å²) in [6, 6.07) is 5.39. The van der Waals surface area contributed by atoms with E-state index in [0.29, 0.717) is 17.9 Å². The van der Waals surface area contributed by atoms with E-state index in [-0.39, 0.29) is 11.5 Å². The standard InChI is InChI=1S/C15H22N2O3/c1-3-20-14(18)11-5-4-6-12(13(11)16)17-15(2)7-9-19-10-8-15/h4-6,17H,3,7-10,16H2,1-2H3. The van der Waals surface area contributed by atoms with Gasteiger partial charge in [-0.3, -0.25) is 0 Å². The van der Waals surface area contributed by atoms with Crippen molar-refractivity contribution in [3.8, 4) is 0 Å². The van der Waals surface area contributed by atoms with E-state index in [4.69, 9.17) is 15.2 Å². The average Bonchev–Trinajstić information content (AvgIpc) is 2.42. The van der Waals surface area contributed by atoms with Crippen LogP contribution in [0.3, 0.4) is 0 Å². The third-order valence-electron chi connectivity index (χ3n) is 3.63. The minimum Gasteiger partial charge on any atom is -0.462 e. The van der Waals surface area contributed by atoms with E-state index in [9.17, 15) is 4.79 Å². The van der Waals surface area contributed by atoms with E-state index < -0.39 is 0 Å². The molecule has 20 heavy (non-hydrogen) atoms. The maximum Gasteiger partial charge on any atom is 0.340 e. The topological polar surface area (TPSA) is 73.6 Å². The number of nitrogens with two attached hydrogens (primary N) is 1. The first kappa shape index (κ1) is 14.7. The minimum absolute atomic E-state index is 0.0559. The highest BCUT2D eigenvalue weighted by atomic mass is 16.5. The molecule has 3 N–H and O–H groups in total. The largest absolute Gasteiger partial charge is 0.462 e. The van der Waals surface area contributed by atoms with Crippen LogP contribution in [0.1, 0.15) is 37.0 Å². The molecule has 5 heteroatoms. The number of nitrogens with one attached hydrogen (secondary N) is 1. The van der Waals surface area contributed by atoms with Gasteiger partial charge < -0.3 is 20.5 Å². The van der Waals surface area contributed by atoms with Crippen molar-refractivity contribution in [2.24, 2.45) is 0 Å². The summed E-state index contributed by atoms with van der Waals surface area (Å²) in [5, 5.41) is 3.45. The van der Waals surface area contributed by atoms with Gasteiger partial charge >= 0.3 is 5.97 Å². The molecule has 1 aromatic rings. The maximum absolute atomic E-state index is 11.8. The Balaban J connectivity index is 2.20. The molecule has 0 spiro atoms. The van der Waals surface area contributed by atoms with Crippen molar-refractivity contribution in [2.75, 3.05) is 30.9 Å². The van der Waals surface area contributed by atoms with Crippen molar-refractivity contribution >= 4 is 17.3 Å². The Morgan fingerprint density at radius 3 is 2.80 bits per heavy atom. The molecular formula is C15H22N2O3. The number of nitrogen functional groups attached to an aromatic ring is 1. The number of anilines is 2. The van der Waals surface area contributed by atoms with E-state index in [2.05, 4.69) is 12.2 Å². The van der Waals surface area contributed by atoms with E-state index in [0.717, 1.165) is 31.7 Å². The van der Waals surface area contributed by atoms with Crippen LogP contribution in [0.2, 0.25) is 0 Å². The zero-order valence-corrected chi connectivity index (χ0v) is 12.1. The fraction of sp³-hybridized carbons (Fsp3) is 0.533. The lowest BCUT2D eigenvalue weighted by Crippen LogP contribution is -2.40. The zero-order valence-electron chi connectivity index (χ0n) is 12.1. The van der Waals surface area contributed by atoms with Crippen LogP contribution in [-0.4, -0.2) is 31.3 Å². The van der Waals surface area contributed by atoms with Gasteiger partial charge in [-0.1, -0.05) is 6.07 Å². The summed E-state index contributed by atoms with van der Waals surface area (Å²) in [4.78, 5) is 11.8. The number of hydrogen-bond acceptors (Lipinski definition) is 5. The second kappa shape index (κ2) is 6.13. The van der Waals surface area contributed by atoms with Gasteiger partial charge in [0.25, 0.3) is 0 Å². The number of para-hydroxylation sites is 1. The lowest BCUT2D eigenvalue weighted by Gasteiger charge is -2.36. The van der Waals surface area contributed by atoms with Crippen LogP contribution < -0.4 is 11.1 Å². The highest BCUT2D eigenvalue weighted by Gasteiger charge is 2.28. The number of rotatable bonds is 4. The Morgan fingerprint density at radius 1 is 1.45 bits per heavy atom. The molecule has 5 nitrogen and oxygen atoms in total.